The average molecular weight is 356 g/mol. The summed E-state index contributed by atoms with van der Waals surface area (Å²) in [7, 11) is -1.50. The Balaban J connectivity index is 1.86. The second-order valence-corrected chi connectivity index (χ2v) is 8.23. The van der Waals surface area contributed by atoms with Crippen LogP contribution in [0, 0.1) is 0 Å². The lowest BCUT2D eigenvalue weighted by Gasteiger charge is -2.34. The molecule has 25 heavy (non-hydrogen) atoms. The molecule has 130 valence electrons. The monoisotopic (exact) mass is 356 g/mol. The van der Waals surface area contributed by atoms with Gasteiger partial charge in [0.2, 0.25) is 9.84 Å². The lowest BCUT2D eigenvalue weighted by Crippen LogP contribution is -2.44. The third kappa shape index (κ3) is 2.79. The van der Waals surface area contributed by atoms with Crippen LogP contribution in [0.3, 0.4) is 0 Å². The molecule has 3 aromatic rings. The van der Waals surface area contributed by atoms with Crippen LogP contribution in [-0.4, -0.2) is 56.5 Å². The molecule has 0 radical (unpaired) electrons. The molecule has 0 unspecified atom stereocenters. The largest absolute Gasteiger partial charge is 0.368 e. The predicted octanol–water partition coefficient (Wildman–Crippen LogP) is 2.15. The standard InChI is InChI=1S/C18H20N4O2S/c1-21-9-11-22(12-10-21)15-7-8-19-18-17(15)16(13-20-18)25(23,24)14-5-3-2-4-6-14/h2-8,13H,9-12H2,1H3,(H,19,20). The van der Waals surface area contributed by atoms with Crippen molar-refractivity contribution >= 4 is 26.6 Å². The Morgan fingerprint density at radius 1 is 1.04 bits per heavy atom. The average Bonchev–Trinajstić information content (AvgIpc) is 3.08. The minimum atomic E-state index is -3.60. The highest BCUT2D eigenvalue weighted by Gasteiger charge is 2.26. The Hall–Kier alpha value is -2.38. The van der Waals surface area contributed by atoms with Crippen molar-refractivity contribution < 1.29 is 8.42 Å². The van der Waals surface area contributed by atoms with Crippen molar-refractivity contribution in [1.29, 1.82) is 0 Å². The Bertz CT molecular complexity index is 990. The number of piperazine rings is 1. The number of hydrogen-bond donors (Lipinski definition) is 1. The number of benzene rings is 1. The van der Waals surface area contributed by atoms with E-state index in [0.29, 0.717) is 15.9 Å². The second kappa shape index (κ2) is 6.16. The van der Waals surface area contributed by atoms with E-state index in [0.717, 1.165) is 31.9 Å². The Morgan fingerprint density at radius 3 is 2.48 bits per heavy atom. The Morgan fingerprint density at radius 2 is 1.76 bits per heavy atom. The Labute approximate surface area is 147 Å². The number of likely N-dealkylation sites (N-methyl/N-ethyl adjacent to an activating group) is 1. The highest BCUT2D eigenvalue weighted by Crippen LogP contribution is 2.34. The van der Waals surface area contributed by atoms with Gasteiger partial charge in [-0.2, -0.15) is 0 Å². The number of H-pyrrole nitrogens is 1. The van der Waals surface area contributed by atoms with Gasteiger partial charge < -0.3 is 14.8 Å². The molecule has 0 aliphatic carbocycles. The molecule has 2 aromatic heterocycles. The van der Waals surface area contributed by atoms with Crippen LogP contribution < -0.4 is 4.90 Å². The van der Waals surface area contributed by atoms with Crippen molar-refractivity contribution in [3.63, 3.8) is 0 Å². The minimum Gasteiger partial charge on any atom is -0.368 e. The maximum Gasteiger partial charge on any atom is 0.208 e. The van der Waals surface area contributed by atoms with E-state index in [9.17, 15) is 8.42 Å². The zero-order valence-corrected chi connectivity index (χ0v) is 14.8. The van der Waals surface area contributed by atoms with Crippen LogP contribution >= 0.6 is 0 Å². The van der Waals surface area contributed by atoms with E-state index in [1.54, 1.807) is 36.7 Å². The zero-order chi connectivity index (χ0) is 17.4. The number of anilines is 1. The van der Waals surface area contributed by atoms with E-state index in [4.69, 9.17) is 0 Å². The first-order chi connectivity index (χ1) is 12.1. The van der Waals surface area contributed by atoms with Crippen molar-refractivity contribution in [2.45, 2.75) is 9.79 Å². The maximum absolute atomic E-state index is 13.1. The van der Waals surface area contributed by atoms with Crippen molar-refractivity contribution in [2.75, 3.05) is 38.1 Å². The SMILES string of the molecule is CN1CCN(c2ccnc3[nH]cc(S(=O)(=O)c4ccccc4)c23)CC1. The molecule has 0 saturated carbocycles. The number of fused-ring (bicyclic) bond motifs is 1. The first-order valence-corrected chi connectivity index (χ1v) is 9.75. The molecule has 1 aliphatic rings. The minimum absolute atomic E-state index is 0.288. The summed E-state index contributed by atoms with van der Waals surface area (Å²) in [5, 5.41) is 0.677. The van der Waals surface area contributed by atoms with Crippen LogP contribution in [0.15, 0.2) is 58.6 Å². The third-order valence-electron chi connectivity index (χ3n) is 4.70. The molecule has 0 bridgehead atoms. The number of rotatable bonds is 3. The molecule has 1 fully saturated rings. The fourth-order valence-electron chi connectivity index (χ4n) is 3.26. The van der Waals surface area contributed by atoms with Crippen LogP contribution in [0.25, 0.3) is 11.0 Å². The molecular weight excluding hydrogens is 336 g/mol. The highest BCUT2D eigenvalue weighted by molar-refractivity contribution is 7.91. The molecule has 1 aliphatic heterocycles. The topological polar surface area (TPSA) is 69.3 Å². The van der Waals surface area contributed by atoms with Gasteiger partial charge in [0.05, 0.1) is 16.0 Å². The predicted molar refractivity (Wildman–Crippen MR) is 97.7 cm³/mol. The van der Waals surface area contributed by atoms with Crippen LogP contribution in [0.1, 0.15) is 0 Å². The van der Waals surface area contributed by atoms with E-state index in [2.05, 4.69) is 26.8 Å². The number of aromatic amines is 1. The molecule has 1 saturated heterocycles. The van der Waals surface area contributed by atoms with E-state index in [-0.39, 0.29) is 4.90 Å². The maximum atomic E-state index is 13.1. The fraction of sp³-hybridized carbons (Fsp3) is 0.278. The highest BCUT2D eigenvalue weighted by atomic mass is 32.2. The van der Waals surface area contributed by atoms with Gasteiger partial charge in [-0.15, -0.1) is 0 Å². The summed E-state index contributed by atoms with van der Waals surface area (Å²) in [6.45, 7) is 3.64. The number of sulfone groups is 1. The number of hydrogen-bond acceptors (Lipinski definition) is 5. The summed E-state index contributed by atoms with van der Waals surface area (Å²) in [6.07, 6.45) is 3.28. The summed E-state index contributed by atoms with van der Waals surface area (Å²) >= 11 is 0. The van der Waals surface area contributed by atoms with Gasteiger partial charge in [-0.1, -0.05) is 18.2 Å². The van der Waals surface area contributed by atoms with E-state index in [1.165, 1.54) is 0 Å². The molecule has 6 nitrogen and oxygen atoms in total. The first kappa shape index (κ1) is 16.1. The van der Waals surface area contributed by atoms with Gasteiger partial charge in [-0.3, -0.25) is 0 Å². The first-order valence-electron chi connectivity index (χ1n) is 8.27. The lowest BCUT2D eigenvalue weighted by atomic mass is 10.2. The quantitative estimate of drug-likeness (QED) is 0.779. The normalized spacial score (nSPS) is 16.4. The van der Waals surface area contributed by atoms with E-state index in [1.807, 2.05) is 12.1 Å². The lowest BCUT2D eigenvalue weighted by molar-refractivity contribution is 0.313. The van der Waals surface area contributed by atoms with Crippen molar-refractivity contribution in [1.82, 2.24) is 14.9 Å². The molecular formula is C18H20N4O2S. The molecule has 0 spiro atoms. The number of aromatic nitrogens is 2. The van der Waals surface area contributed by atoms with Crippen molar-refractivity contribution in [3.8, 4) is 0 Å². The van der Waals surface area contributed by atoms with Crippen molar-refractivity contribution in [2.24, 2.45) is 0 Å². The smallest absolute Gasteiger partial charge is 0.208 e. The van der Waals surface area contributed by atoms with Crippen LogP contribution in [0.4, 0.5) is 5.69 Å². The molecule has 7 heteroatoms. The van der Waals surface area contributed by atoms with Gasteiger partial charge in [-0.05, 0) is 25.2 Å². The van der Waals surface area contributed by atoms with Gasteiger partial charge in [0.15, 0.2) is 0 Å². The Kier molecular flexibility index (Phi) is 3.97. The summed E-state index contributed by atoms with van der Waals surface area (Å²) in [4.78, 5) is 12.4. The third-order valence-corrected chi connectivity index (χ3v) is 6.50. The molecule has 0 amide bonds. The second-order valence-electron chi connectivity index (χ2n) is 6.31. The number of pyridine rings is 1. The summed E-state index contributed by atoms with van der Waals surface area (Å²) in [5.41, 5.74) is 1.53. The van der Waals surface area contributed by atoms with Crippen LogP contribution in [0.2, 0.25) is 0 Å². The summed E-state index contributed by atoms with van der Waals surface area (Å²) in [5.74, 6) is 0. The van der Waals surface area contributed by atoms with Crippen LogP contribution in [0.5, 0.6) is 0 Å². The van der Waals surface area contributed by atoms with Gasteiger partial charge in [0.1, 0.15) is 10.5 Å². The molecule has 4 rings (SSSR count). The van der Waals surface area contributed by atoms with Gasteiger partial charge in [0, 0.05) is 38.6 Å². The van der Waals surface area contributed by atoms with Gasteiger partial charge in [0.25, 0.3) is 0 Å². The van der Waals surface area contributed by atoms with Crippen LogP contribution in [-0.2, 0) is 9.84 Å². The number of nitrogens with zero attached hydrogens (tertiary/aromatic N) is 3. The summed E-state index contributed by atoms with van der Waals surface area (Å²) in [6, 6.07) is 10.4. The molecule has 3 heterocycles. The zero-order valence-electron chi connectivity index (χ0n) is 14.0. The van der Waals surface area contributed by atoms with Crippen molar-refractivity contribution in [3.05, 3.63) is 48.8 Å². The fourth-order valence-corrected chi connectivity index (χ4v) is 4.71. The van der Waals surface area contributed by atoms with E-state index < -0.39 is 9.84 Å². The summed E-state index contributed by atoms with van der Waals surface area (Å²) < 4.78 is 26.2. The molecule has 1 N–H and O–H groups in total. The number of nitrogens with one attached hydrogen (secondary N) is 1. The van der Waals surface area contributed by atoms with Gasteiger partial charge >= 0.3 is 0 Å². The van der Waals surface area contributed by atoms with Gasteiger partial charge in [-0.25, -0.2) is 13.4 Å². The molecule has 0 atom stereocenters. The van der Waals surface area contributed by atoms with E-state index >= 15 is 0 Å². The molecule has 1 aromatic carbocycles.